The zero-order valence-corrected chi connectivity index (χ0v) is 18.4. The van der Waals surface area contributed by atoms with E-state index in [9.17, 15) is 8.42 Å². The first kappa shape index (κ1) is 20.7. The molecule has 168 valence electrons. The predicted octanol–water partition coefficient (Wildman–Crippen LogP) is 2.83. The SMILES string of the molecule is COc1cc2cccnc2cc1S(=O)(=O)Nc1noc2cc(Cn3cccn3)nc(OC)c12. The van der Waals surface area contributed by atoms with Crippen molar-refractivity contribution in [3.05, 3.63) is 60.7 Å². The summed E-state index contributed by atoms with van der Waals surface area (Å²) in [6.45, 7) is 0.377. The number of nitrogens with one attached hydrogen (secondary N) is 1. The number of rotatable bonds is 7. The topological polar surface area (TPSA) is 134 Å². The summed E-state index contributed by atoms with van der Waals surface area (Å²) < 4.78 is 46.8. The highest BCUT2D eigenvalue weighted by molar-refractivity contribution is 7.92. The number of ether oxygens (including phenoxy) is 2. The van der Waals surface area contributed by atoms with Gasteiger partial charge in [-0.2, -0.15) is 5.10 Å². The van der Waals surface area contributed by atoms with E-state index in [0.29, 0.717) is 28.7 Å². The molecule has 11 nitrogen and oxygen atoms in total. The summed E-state index contributed by atoms with van der Waals surface area (Å²) >= 11 is 0. The zero-order chi connectivity index (χ0) is 23.0. The van der Waals surface area contributed by atoms with Crippen LogP contribution in [0.1, 0.15) is 5.69 Å². The zero-order valence-electron chi connectivity index (χ0n) is 17.6. The Morgan fingerprint density at radius 3 is 2.76 bits per heavy atom. The van der Waals surface area contributed by atoms with Crippen molar-refractivity contribution in [3.63, 3.8) is 0 Å². The summed E-state index contributed by atoms with van der Waals surface area (Å²) in [5.74, 6) is 0.284. The first-order valence-corrected chi connectivity index (χ1v) is 11.2. The number of hydrogen-bond donors (Lipinski definition) is 1. The first-order chi connectivity index (χ1) is 16.0. The van der Waals surface area contributed by atoms with E-state index in [-0.39, 0.29) is 22.3 Å². The minimum Gasteiger partial charge on any atom is -0.495 e. The van der Waals surface area contributed by atoms with Crippen LogP contribution < -0.4 is 14.2 Å². The molecule has 0 unspecified atom stereocenters. The van der Waals surface area contributed by atoms with Gasteiger partial charge in [0.25, 0.3) is 10.0 Å². The Morgan fingerprint density at radius 2 is 2.00 bits per heavy atom. The van der Waals surface area contributed by atoms with Gasteiger partial charge in [-0.15, -0.1) is 0 Å². The van der Waals surface area contributed by atoms with Crippen molar-refractivity contribution in [3.8, 4) is 11.6 Å². The second kappa shape index (κ2) is 8.06. The maximum atomic E-state index is 13.3. The van der Waals surface area contributed by atoms with Gasteiger partial charge in [-0.05, 0) is 24.3 Å². The van der Waals surface area contributed by atoms with Gasteiger partial charge in [0.2, 0.25) is 5.88 Å². The van der Waals surface area contributed by atoms with Crippen LogP contribution in [0.3, 0.4) is 0 Å². The average Bonchev–Trinajstić information content (AvgIpc) is 3.47. The number of sulfonamides is 1. The van der Waals surface area contributed by atoms with Gasteiger partial charge in [-0.25, -0.2) is 13.4 Å². The second-order valence-corrected chi connectivity index (χ2v) is 8.69. The van der Waals surface area contributed by atoms with Gasteiger partial charge in [0.1, 0.15) is 16.0 Å². The van der Waals surface area contributed by atoms with Crippen LogP contribution in [0, 0.1) is 0 Å². The van der Waals surface area contributed by atoms with Gasteiger partial charge in [0.05, 0.1) is 32.0 Å². The molecule has 4 heterocycles. The van der Waals surface area contributed by atoms with Crippen molar-refractivity contribution in [2.75, 3.05) is 18.9 Å². The van der Waals surface area contributed by atoms with E-state index in [1.54, 1.807) is 47.5 Å². The van der Waals surface area contributed by atoms with E-state index < -0.39 is 10.0 Å². The van der Waals surface area contributed by atoms with E-state index in [1.807, 2.05) is 6.07 Å². The molecule has 0 amide bonds. The van der Waals surface area contributed by atoms with E-state index in [2.05, 4.69) is 24.9 Å². The number of nitrogens with zero attached hydrogens (tertiary/aromatic N) is 5. The second-order valence-electron chi connectivity index (χ2n) is 7.04. The Labute approximate surface area is 188 Å². The highest BCUT2D eigenvalue weighted by atomic mass is 32.2. The van der Waals surface area contributed by atoms with Gasteiger partial charge in [0, 0.05) is 30.0 Å². The third kappa shape index (κ3) is 3.80. The molecule has 0 aliphatic heterocycles. The van der Waals surface area contributed by atoms with Crippen LogP contribution in [0.15, 0.2) is 64.4 Å². The molecule has 0 aliphatic rings. The number of hydrogen-bond acceptors (Lipinski definition) is 9. The Balaban J connectivity index is 1.55. The molecule has 12 heteroatoms. The molecular weight excluding hydrogens is 448 g/mol. The van der Waals surface area contributed by atoms with Crippen LogP contribution in [-0.2, 0) is 16.6 Å². The molecule has 4 aromatic heterocycles. The number of methoxy groups -OCH3 is 2. The number of fused-ring (bicyclic) bond motifs is 2. The van der Waals surface area contributed by atoms with Crippen LogP contribution in [0.5, 0.6) is 11.6 Å². The van der Waals surface area contributed by atoms with Crippen LogP contribution in [0.4, 0.5) is 5.82 Å². The van der Waals surface area contributed by atoms with E-state index >= 15 is 0 Å². The molecule has 0 atom stereocenters. The highest BCUT2D eigenvalue weighted by Gasteiger charge is 2.26. The molecule has 1 N–H and O–H groups in total. The normalized spacial score (nSPS) is 11.7. The van der Waals surface area contributed by atoms with Crippen molar-refractivity contribution >= 4 is 37.7 Å². The Hall–Kier alpha value is -4.19. The van der Waals surface area contributed by atoms with Gasteiger partial charge < -0.3 is 14.0 Å². The van der Waals surface area contributed by atoms with Gasteiger partial charge in [0.15, 0.2) is 11.4 Å². The van der Waals surface area contributed by atoms with Crippen molar-refractivity contribution in [2.45, 2.75) is 11.4 Å². The Kier molecular flexibility index (Phi) is 5.05. The fourth-order valence-corrected chi connectivity index (χ4v) is 4.65. The fraction of sp³-hybridized carbons (Fsp3) is 0.143. The molecule has 5 aromatic rings. The van der Waals surface area contributed by atoms with Crippen LogP contribution in [-0.4, -0.2) is 47.5 Å². The summed E-state index contributed by atoms with van der Waals surface area (Å²) in [5, 5.41) is 9.10. The lowest BCUT2D eigenvalue weighted by molar-refractivity contribution is 0.400. The molecule has 0 bridgehead atoms. The quantitative estimate of drug-likeness (QED) is 0.384. The first-order valence-electron chi connectivity index (χ1n) is 9.75. The molecule has 0 saturated carbocycles. The molecule has 0 saturated heterocycles. The molecule has 0 aliphatic carbocycles. The molecule has 5 rings (SSSR count). The summed E-state index contributed by atoms with van der Waals surface area (Å²) in [4.78, 5) is 8.59. The smallest absolute Gasteiger partial charge is 0.266 e. The maximum absolute atomic E-state index is 13.3. The van der Waals surface area contributed by atoms with E-state index in [0.717, 1.165) is 5.39 Å². The predicted molar refractivity (Wildman–Crippen MR) is 119 cm³/mol. The number of benzene rings is 1. The fourth-order valence-electron chi connectivity index (χ4n) is 3.47. The molecular formula is C21H18N6O5S. The van der Waals surface area contributed by atoms with Gasteiger partial charge >= 0.3 is 0 Å². The number of pyridine rings is 2. The van der Waals surface area contributed by atoms with Crippen molar-refractivity contribution in [1.82, 2.24) is 24.9 Å². The lowest BCUT2D eigenvalue weighted by Crippen LogP contribution is -2.15. The highest BCUT2D eigenvalue weighted by Crippen LogP contribution is 2.35. The summed E-state index contributed by atoms with van der Waals surface area (Å²) in [5.41, 5.74) is 1.43. The third-order valence-corrected chi connectivity index (χ3v) is 6.32. The minimum absolute atomic E-state index is 0.0526. The summed E-state index contributed by atoms with van der Waals surface area (Å²) in [6, 6.07) is 10.1. The Bertz CT molecular complexity index is 1560. The summed E-state index contributed by atoms with van der Waals surface area (Å²) in [7, 11) is -1.29. The lowest BCUT2D eigenvalue weighted by atomic mass is 10.2. The van der Waals surface area contributed by atoms with Crippen LogP contribution in [0.2, 0.25) is 0 Å². The molecule has 1 aromatic carbocycles. The van der Waals surface area contributed by atoms with Crippen molar-refractivity contribution in [2.24, 2.45) is 0 Å². The largest absolute Gasteiger partial charge is 0.495 e. The molecule has 0 spiro atoms. The standard InChI is InChI=1S/C21H18N6O5S/c1-30-16-9-13-5-3-6-22-15(13)11-18(16)33(28,29)26-20-19-17(32-25-20)10-14(24-21(19)31-2)12-27-8-4-7-23-27/h3-11H,12H2,1-2H3,(H,25,26). The minimum atomic E-state index is -4.12. The molecule has 0 fully saturated rings. The van der Waals surface area contributed by atoms with Crippen molar-refractivity contribution < 1.29 is 22.4 Å². The van der Waals surface area contributed by atoms with Gasteiger partial charge in [-0.1, -0.05) is 11.2 Å². The average molecular weight is 466 g/mol. The Morgan fingerprint density at radius 1 is 1.12 bits per heavy atom. The number of anilines is 1. The summed E-state index contributed by atoms with van der Waals surface area (Å²) in [6.07, 6.45) is 5.04. The van der Waals surface area contributed by atoms with Crippen molar-refractivity contribution in [1.29, 1.82) is 0 Å². The van der Waals surface area contributed by atoms with E-state index in [4.69, 9.17) is 14.0 Å². The van der Waals surface area contributed by atoms with Crippen LogP contribution >= 0.6 is 0 Å². The van der Waals surface area contributed by atoms with Gasteiger partial charge in [-0.3, -0.25) is 14.4 Å². The van der Waals surface area contributed by atoms with E-state index in [1.165, 1.54) is 20.3 Å². The maximum Gasteiger partial charge on any atom is 0.266 e. The molecule has 33 heavy (non-hydrogen) atoms. The van der Waals surface area contributed by atoms with Crippen LogP contribution in [0.25, 0.3) is 21.9 Å². The number of aromatic nitrogens is 5. The molecule has 0 radical (unpaired) electrons. The lowest BCUT2D eigenvalue weighted by Gasteiger charge is -2.12. The third-order valence-electron chi connectivity index (χ3n) is 4.96. The monoisotopic (exact) mass is 466 g/mol.